The van der Waals surface area contributed by atoms with Gasteiger partial charge in [0.05, 0.1) is 0 Å². The number of hydrogen-bond donors (Lipinski definition) is 4. The van der Waals surface area contributed by atoms with Gasteiger partial charge in [-0.25, -0.2) is 14.0 Å². The maximum atomic E-state index is 13.5. The Morgan fingerprint density at radius 2 is 1.95 bits per heavy atom. The molecular weight excluding hydrogens is 571 g/mol. The molecule has 40 heavy (non-hydrogen) atoms. The quantitative estimate of drug-likeness (QED) is 0.188. The molecule has 2 aliphatic heterocycles. The highest BCUT2D eigenvalue weighted by molar-refractivity contribution is 8.01. The van der Waals surface area contributed by atoms with Gasteiger partial charge < -0.3 is 20.6 Å². The molecule has 5 rings (SSSR count). The minimum Gasteiger partial charge on any atom is -0.480 e. The van der Waals surface area contributed by atoms with E-state index in [1.807, 2.05) is 0 Å². The maximum Gasteiger partial charge on any atom is 0.367 e. The summed E-state index contributed by atoms with van der Waals surface area (Å²) in [4.78, 5) is 61.9. The first-order valence-corrected chi connectivity index (χ1v) is 13.5. The van der Waals surface area contributed by atoms with E-state index in [1.54, 1.807) is 6.07 Å². The van der Waals surface area contributed by atoms with Crippen molar-refractivity contribution in [1.82, 2.24) is 29.6 Å². The van der Waals surface area contributed by atoms with Crippen molar-refractivity contribution in [3.63, 3.8) is 0 Å². The molecule has 4 heterocycles. The number of carbonyl (C=O) groups is 4. The summed E-state index contributed by atoms with van der Waals surface area (Å²) < 4.78 is 15.2. The Bertz CT molecular complexity index is 1660. The zero-order chi connectivity index (χ0) is 28.7. The van der Waals surface area contributed by atoms with Gasteiger partial charge in [-0.1, -0.05) is 12.1 Å². The Morgan fingerprint density at radius 1 is 1.18 bits per heavy atom. The molecule has 4 N–H and O–H groups in total. The summed E-state index contributed by atoms with van der Waals surface area (Å²) in [7, 11) is 0. The number of carboxylic acid groups (broad SMARTS) is 2. The van der Waals surface area contributed by atoms with E-state index in [-0.39, 0.29) is 28.4 Å². The second kappa shape index (κ2) is 10.7. The molecule has 2 amide bonds. The zero-order valence-electron chi connectivity index (χ0n) is 20.1. The summed E-state index contributed by atoms with van der Waals surface area (Å²) in [6.07, 6.45) is -1.72. The molecule has 2 aliphatic rings. The number of nitrogens with zero attached hydrogens (tertiary/aromatic N) is 5. The largest absolute Gasteiger partial charge is 0.480 e. The van der Waals surface area contributed by atoms with Crippen LogP contribution in [0, 0.1) is 5.82 Å². The van der Waals surface area contributed by atoms with E-state index in [4.69, 9.17) is 5.11 Å². The van der Waals surface area contributed by atoms with Crippen molar-refractivity contribution in [2.24, 2.45) is 0 Å². The van der Waals surface area contributed by atoms with Gasteiger partial charge in [0.2, 0.25) is 0 Å². The van der Waals surface area contributed by atoms with Crippen LogP contribution in [-0.4, -0.2) is 86.3 Å². The van der Waals surface area contributed by atoms with E-state index in [0.29, 0.717) is 10.6 Å². The molecular formula is C23H19FN6O8S2. The van der Waals surface area contributed by atoms with Crippen LogP contribution in [0.2, 0.25) is 0 Å². The highest BCUT2D eigenvalue weighted by Crippen LogP contribution is 2.41. The number of carboxylic acids is 2. The highest BCUT2D eigenvalue weighted by Gasteiger charge is 2.54. The van der Waals surface area contributed by atoms with Gasteiger partial charge in [-0.15, -0.1) is 28.6 Å². The van der Waals surface area contributed by atoms with Crippen LogP contribution in [0.25, 0.3) is 5.65 Å². The average molecular weight is 591 g/mol. The van der Waals surface area contributed by atoms with E-state index < -0.39 is 59.3 Å². The third-order valence-electron chi connectivity index (χ3n) is 6.06. The zero-order valence-corrected chi connectivity index (χ0v) is 21.8. The standard InChI is InChI=1S/C23H19FN6O8S2/c24-12-3-1-2-10(6-12)18(33)19(34)25-16-20(35)29-17(22(36)37)11(9-40-21(16)29)8-39-14-5-4-13-26-28(7-15(31)32)23(38)30(13)27-14/h1-6,16,18,21,33H,7-9H2,(H,25,34)(H,31,32)(H,36,37)/t16?,18?,21-/m0/s1. The molecule has 0 aliphatic carbocycles. The number of amides is 2. The third-order valence-corrected chi connectivity index (χ3v) is 8.40. The SMILES string of the molecule is O=C(O)Cn1nc2ccc(SCC3=C(C(=O)O)N4C(=O)C(NC(=O)C(O)c5cccc(F)c5)[C@@H]4SC3)nn2c1=O. The van der Waals surface area contributed by atoms with Crippen molar-refractivity contribution >= 4 is 52.9 Å². The van der Waals surface area contributed by atoms with E-state index in [9.17, 15) is 38.6 Å². The maximum absolute atomic E-state index is 13.5. The van der Waals surface area contributed by atoms with Crippen molar-refractivity contribution in [2.75, 3.05) is 11.5 Å². The first kappa shape index (κ1) is 27.4. The van der Waals surface area contributed by atoms with Gasteiger partial charge in [0.15, 0.2) is 11.8 Å². The number of benzene rings is 1. The van der Waals surface area contributed by atoms with Gasteiger partial charge in [0, 0.05) is 11.5 Å². The minimum absolute atomic E-state index is 0.00570. The molecule has 3 aromatic rings. The molecule has 1 saturated heterocycles. The highest BCUT2D eigenvalue weighted by atomic mass is 32.2. The van der Waals surface area contributed by atoms with Gasteiger partial charge >= 0.3 is 17.6 Å². The molecule has 17 heteroatoms. The number of aliphatic hydroxyl groups is 1. The van der Waals surface area contributed by atoms with E-state index >= 15 is 0 Å². The normalized spacial score (nSPS) is 19.2. The van der Waals surface area contributed by atoms with Crippen LogP contribution in [0.3, 0.4) is 0 Å². The number of fused-ring (bicyclic) bond motifs is 2. The average Bonchev–Trinajstić information content (AvgIpc) is 3.22. The predicted octanol–water partition coefficient (Wildman–Crippen LogP) is -0.321. The Labute approximate surface area is 231 Å². The Kier molecular flexibility index (Phi) is 7.35. The number of carbonyl (C=O) groups excluding carboxylic acids is 2. The molecule has 208 valence electrons. The smallest absolute Gasteiger partial charge is 0.367 e. The molecule has 0 saturated carbocycles. The summed E-state index contributed by atoms with van der Waals surface area (Å²) in [6.45, 7) is -0.632. The van der Waals surface area contributed by atoms with Gasteiger partial charge in [0.1, 0.15) is 34.5 Å². The second-order valence-corrected chi connectivity index (χ2v) is 10.8. The van der Waals surface area contributed by atoms with Crippen LogP contribution in [0.5, 0.6) is 0 Å². The van der Waals surface area contributed by atoms with Gasteiger partial charge in [0.25, 0.3) is 11.8 Å². The summed E-state index contributed by atoms with van der Waals surface area (Å²) in [6, 6.07) is 6.77. The van der Waals surface area contributed by atoms with E-state index in [1.165, 1.54) is 30.0 Å². The van der Waals surface area contributed by atoms with Crippen LogP contribution in [0.1, 0.15) is 11.7 Å². The number of hydrogen-bond acceptors (Lipinski definition) is 10. The van der Waals surface area contributed by atoms with Crippen LogP contribution >= 0.6 is 23.5 Å². The van der Waals surface area contributed by atoms with Crippen molar-refractivity contribution in [1.29, 1.82) is 0 Å². The first-order chi connectivity index (χ1) is 19.0. The van der Waals surface area contributed by atoms with Gasteiger partial charge in [-0.3, -0.25) is 19.3 Å². The molecule has 1 aromatic carbocycles. The fourth-order valence-electron chi connectivity index (χ4n) is 4.22. The predicted molar refractivity (Wildman–Crippen MR) is 137 cm³/mol. The van der Waals surface area contributed by atoms with Crippen molar-refractivity contribution < 1.29 is 38.9 Å². The van der Waals surface area contributed by atoms with E-state index in [0.717, 1.165) is 38.0 Å². The third kappa shape index (κ3) is 5.05. The van der Waals surface area contributed by atoms with Crippen molar-refractivity contribution in [3.8, 4) is 0 Å². The van der Waals surface area contributed by atoms with E-state index in [2.05, 4.69) is 15.5 Å². The van der Waals surface area contributed by atoms with Crippen molar-refractivity contribution in [2.45, 2.75) is 29.1 Å². The lowest BCUT2D eigenvalue weighted by Crippen LogP contribution is -2.70. The Balaban J connectivity index is 1.29. The number of aliphatic carboxylic acids is 2. The number of aromatic nitrogens is 4. The summed E-state index contributed by atoms with van der Waals surface area (Å²) in [5, 5.41) is 39.1. The summed E-state index contributed by atoms with van der Waals surface area (Å²) >= 11 is 2.33. The van der Waals surface area contributed by atoms with Crippen LogP contribution < -0.4 is 11.0 Å². The Morgan fingerprint density at radius 3 is 2.65 bits per heavy atom. The second-order valence-electron chi connectivity index (χ2n) is 8.68. The molecule has 2 aromatic heterocycles. The minimum atomic E-state index is -1.72. The fraction of sp³-hybridized carbons (Fsp3) is 0.261. The summed E-state index contributed by atoms with van der Waals surface area (Å²) in [5.74, 6) is -4.50. The number of β-lactam (4-membered cyclic amide) rings is 1. The lowest BCUT2D eigenvalue weighted by atomic mass is 10.0. The van der Waals surface area contributed by atoms with Gasteiger partial charge in [-0.2, -0.15) is 14.3 Å². The number of aliphatic hydroxyl groups excluding tert-OH is 1. The molecule has 3 atom stereocenters. The monoisotopic (exact) mass is 590 g/mol. The van der Waals surface area contributed by atoms with Crippen LogP contribution in [0.4, 0.5) is 4.39 Å². The lowest BCUT2D eigenvalue weighted by Gasteiger charge is -2.49. The van der Waals surface area contributed by atoms with Crippen LogP contribution in [-0.2, 0) is 25.7 Å². The number of nitrogens with one attached hydrogen (secondary N) is 1. The summed E-state index contributed by atoms with van der Waals surface area (Å²) in [5.41, 5.74) is -0.425. The molecule has 0 bridgehead atoms. The molecule has 0 spiro atoms. The van der Waals surface area contributed by atoms with Crippen molar-refractivity contribution in [3.05, 3.63) is 69.5 Å². The molecule has 1 fully saturated rings. The molecule has 14 nitrogen and oxygen atoms in total. The topological polar surface area (TPSA) is 196 Å². The fourth-order valence-corrected chi connectivity index (χ4v) is 6.56. The number of rotatable bonds is 9. The molecule has 0 radical (unpaired) electrons. The Hall–Kier alpha value is -4.22. The van der Waals surface area contributed by atoms with Crippen LogP contribution in [0.15, 0.2) is 57.5 Å². The number of thioether (sulfide) groups is 2. The lowest BCUT2D eigenvalue weighted by molar-refractivity contribution is -0.151. The van der Waals surface area contributed by atoms with Gasteiger partial charge in [-0.05, 0) is 35.4 Å². The number of halogens is 1. The molecule has 2 unspecified atom stereocenters. The first-order valence-electron chi connectivity index (χ1n) is 11.5.